The van der Waals surface area contributed by atoms with Gasteiger partial charge in [-0.15, -0.1) is 0 Å². The average molecular weight is 371 g/mol. The van der Waals surface area contributed by atoms with Gasteiger partial charge in [0.15, 0.2) is 0 Å². The third-order valence-corrected chi connectivity index (χ3v) is 5.31. The molecule has 0 bridgehead atoms. The van der Waals surface area contributed by atoms with Gasteiger partial charge in [-0.3, -0.25) is 0 Å². The number of hydrogen-bond acceptors (Lipinski definition) is 6. The zero-order chi connectivity index (χ0) is 18.9. The van der Waals surface area contributed by atoms with Crippen molar-refractivity contribution in [2.24, 2.45) is 0 Å². The Morgan fingerprint density at radius 1 is 0.821 bits per heavy atom. The number of hydrogen-bond donors (Lipinski definition) is 0. The normalized spacial score (nSPS) is 14.6. The molecular weight excluding hydrogens is 350 g/mol. The summed E-state index contributed by atoms with van der Waals surface area (Å²) in [6, 6.07) is 18.4. The summed E-state index contributed by atoms with van der Waals surface area (Å²) in [5.41, 5.74) is 1.89. The van der Waals surface area contributed by atoms with E-state index in [1.54, 1.807) is 13.4 Å². The van der Waals surface area contributed by atoms with Gasteiger partial charge in [-0.05, 0) is 30.3 Å². The molecule has 0 amide bonds. The lowest BCUT2D eigenvalue weighted by Crippen LogP contribution is -2.47. The van der Waals surface area contributed by atoms with E-state index in [0.717, 1.165) is 65.4 Å². The largest absolute Gasteiger partial charge is 0.494 e. The van der Waals surface area contributed by atoms with Gasteiger partial charge in [0.25, 0.3) is 0 Å². The summed E-state index contributed by atoms with van der Waals surface area (Å²) in [4.78, 5) is 18.5. The van der Waals surface area contributed by atoms with Crippen LogP contribution in [0.2, 0.25) is 0 Å². The topological polar surface area (TPSA) is 54.4 Å². The van der Waals surface area contributed by atoms with E-state index < -0.39 is 0 Å². The van der Waals surface area contributed by atoms with Gasteiger partial charge < -0.3 is 14.5 Å². The van der Waals surface area contributed by atoms with Crippen molar-refractivity contribution in [2.75, 3.05) is 43.1 Å². The smallest absolute Gasteiger partial charge is 0.145 e. The lowest BCUT2D eigenvalue weighted by atomic mass is 10.2. The molecule has 140 valence electrons. The van der Waals surface area contributed by atoms with Crippen molar-refractivity contribution >= 4 is 33.4 Å². The Morgan fingerprint density at radius 3 is 2.50 bits per heavy atom. The highest BCUT2D eigenvalue weighted by Crippen LogP contribution is 2.28. The Bertz CT molecular complexity index is 1130. The third kappa shape index (κ3) is 2.87. The summed E-state index contributed by atoms with van der Waals surface area (Å²) in [5.74, 6) is 2.81. The van der Waals surface area contributed by atoms with Crippen molar-refractivity contribution < 1.29 is 4.74 Å². The van der Waals surface area contributed by atoms with Gasteiger partial charge in [-0.2, -0.15) is 0 Å². The van der Waals surface area contributed by atoms with Gasteiger partial charge in [0.1, 0.15) is 29.2 Å². The first-order valence-corrected chi connectivity index (χ1v) is 9.47. The van der Waals surface area contributed by atoms with Crippen LogP contribution in [0.5, 0.6) is 5.75 Å². The van der Waals surface area contributed by atoms with Crippen LogP contribution in [-0.4, -0.2) is 48.2 Å². The maximum Gasteiger partial charge on any atom is 0.145 e. The van der Waals surface area contributed by atoms with Crippen molar-refractivity contribution in [3.8, 4) is 5.75 Å². The minimum absolute atomic E-state index is 0.811. The van der Waals surface area contributed by atoms with E-state index in [1.807, 2.05) is 30.3 Å². The Kier molecular flexibility index (Phi) is 4.16. The zero-order valence-corrected chi connectivity index (χ0v) is 15.7. The van der Waals surface area contributed by atoms with Gasteiger partial charge in [-0.1, -0.05) is 24.3 Å². The highest BCUT2D eigenvalue weighted by Gasteiger charge is 2.21. The molecule has 1 aliphatic heterocycles. The molecule has 0 atom stereocenters. The number of nitrogens with zero attached hydrogens (tertiary/aromatic N) is 5. The molecule has 0 saturated carbocycles. The van der Waals surface area contributed by atoms with Crippen molar-refractivity contribution in [3.63, 3.8) is 0 Å². The molecule has 2 aromatic heterocycles. The van der Waals surface area contributed by atoms with Gasteiger partial charge in [0.2, 0.25) is 0 Å². The number of aromatic nitrogens is 3. The van der Waals surface area contributed by atoms with Crippen LogP contribution >= 0.6 is 0 Å². The van der Waals surface area contributed by atoms with Crippen molar-refractivity contribution in [3.05, 3.63) is 60.9 Å². The number of benzene rings is 2. The second kappa shape index (κ2) is 6.96. The molecule has 2 aromatic carbocycles. The SMILES string of the molecule is COc1cccc2ccc(N3CCN(c4ncnc5ccccc45)CC3)nc12. The maximum absolute atomic E-state index is 5.48. The lowest BCUT2D eigenvalue weighted by Gasteiger charge is -2.36. The molecule has 0 unspecified atom stereocenters. The predicted octanol–water partition coefficient (Wildman–Crippen LogP) is 3.51. The van der Waals surface area contributed by atoms with Crippen LogP contribution in [0.25, 0.3) is 21.8 Å². The molecule has 4 aromatic rings. The molecule has 0 spiro atoms. The molecular formula is C22H21N5O. The van der Waals surface area contributed by atoms with E-state index in [-0.39, 0.29) is 0 Å². The number of anilines is 2. The van der Waals surface area contributed by atoms with E-state index in [4.69, 9.17) is 9.72 Å². The second-order valence-electron chi connectivity index (χ2n) is 6.89. The molecule has 6 heteroatoms. The van der Waals surface area contributed by atoms with E-state index >= 15 is 0 Å². The zero-order valence-electron chi connectivity index (χ0n) is 15.7. The highest BCUT2D eigenvalue weighted by molar-refractivity contribution is 5.89. The Balaban J connectivity index is 1.39. The van der Waals surface area contributed by atoms with Crippen LogP contribution in [-0.2, 0) is 0 Å². The fraction of sp³-hybridized carbons (Fsp3) is 0.227. The summed E-state index contributed by atoms with van der Waals surface area (Å²) in [5, 5.41) is 2.20. The lowest BCUT2D eigenvalue weighted by molar-refractivity contribution is 0.419. The second-order valence-corrected chi connectivity index (χ2v) is 6.89. The van der Waals surface area contributed by atoms with Crippen LogP contribution in [0.3, 0.4) is 0 Å². The third-order valence-electron chi connectivity index (χ3n) is 5.31. The molecule has 1 saturated heterocycles. The summed E-state index contributed by atoms with van der Waals surface area (Å²) in [6.07, 6.45) is 1.65. The molecule has 0 radical (unpaired) electrons. The molecule has 1 aliphatic rings. The maximum atomic E-state index is 5.48. The van der Waals surface area contributed by atoms with Gasteiger partial charge >= 0.3 is 0 Å². The first-order valence-electron chi connectivity index (χ1n) is 9.47. The first kappa shape index (κ1) is 16.7. The number of piperazine rings is 1. The Hall–Kier alpha value is -3.41. The highest BCUT2D eigenvalue weighted by atomic mass is 16.5. The number of ether oxygens (including phenoxy) is 1. The van der Waals surface area contributed by atoms with E-state index in [9.17, 15) is 0 Å². The summed E-state index contributed by atoms with van der Waals surface area (Å²) < 4.78 is 5.48. The van der Waals surface area contributed by atoms with Crippen LogP contribution in [0.1, 0.15) is 0 Å². The van der Waals surface area contributed by atoms with Gasteiger partial charge in [0, 0.05) is 37.0 Å². The van der Waals surface area contributed by atoms with Crippen molar-refractivity contribution in [2.45, 2.75) is 0 Å². The van der Waals surface area contributed by atoms with Crippen LogP contribution in [0.15, 0.2) is 60.9 Å². The summed E-state index contributed by atoms with van der Waals surface area (Å²) in [7, 11) is 1.69. The number of fused-ring (bicyclic) bond motifs is 2. The molecule has 0 aliphatic carbocycles. The number of para-hydroxylation sites is 2. The standard InChI is InChI=1S/C22H21N5O/c1-28-19-8-4-5-16-9-10-20(25-21(16)19)26-11-13-27(14-12-26)22-17-6-2-3-7-18(17)23-15-24-22/h2-10,15H,11-14H2,1H3. The summed E-state index contributed by atoms with van der Waals surface area (Å²) in [6.45, 7) is 3.58. The fourth-order valence-corrected chi connectivity index (χ4v) is 3.84. The molecule has 3 heterocycles. The molecule has 0 N–H and O–H groups in total. The van der Waals surface area contributed by atoms with Crippen LogP contribution in [0, 0.1) is 0 Å². The number of pyridine rings is 1. The number of rotatable bonds is 3. The quantitative estimate of drug-likeness (QED) is 0.549. The summed E-state index contributed by atoms with van der Waals surface area (Å²) >= 11 is 0. The van der Waals surface area contributed by atoms with Gasteiger partial charge in [-0.25, -0.2) is 15.0 Å². The van der Waals surface area contributed by atoms with Crippen molar-refractivity contribution in [1.29, 1.82) is 0 Å². The van der Waals surface area contributed by atoms with Crippen LogP contribution < -0.4 is 14.5 Å². The van der Waals surface area contributed by atoms with E-state index in [0.29, 0.717) is 0 Å². The Labute approximate surface area is 163 Å². The fourth-order valence-electron chi connectivity index (χ4n) is 3.84. The minimum Gasteiger partial charge on any atom is -0.494 e. The van der Waals surface area contributed by atoms with Crippen LogP contribution in [0.4, 0.5) is 11.6 Å². The number of methoxy groups -OCH3 is 1. The van der Waals surface area contributed by atoms with Crippen molar-refractivity contribution in [1.82, 2.24) is 15.0 Å². The van der Waals surface area contributed by atoms with E-state index in [2.05, 4.69) is 44.0 Å². The predicted molar refractivity (Wildman–Crippen MR) is 112 cm³/mol. The molecule has 1 fully saturated rings. The van der Waals surface area contributed by atoms with E-state index in [1.165, 1.54) is 0 Å². The average Bonchev–Trinajstić information content (AvgIpc) is 2.78. The molecule has 6 nitrogen and oxygen atoms in total. The van der Waals surface area contributed by atoms with Gasteiger partial charge in [0.05, 0.1) is 12.6 Å². The molecule has 5 rings (SSSR count). The monoisotopic (exact) mass is 371 g/mol. The molecule has 28 heavy (non-hydrogen) atoms. The Morgan fingerprint density at radius 2 is 1.64 bits per heavy atom. The first-order chi connectivity index (χ1) is 13.8. The minimum atomic E-state index is 0.811.